The fourth-order valence-electron chi connectivity index (χ4n) is 2.87. The molecule has 0 unspecified atom stereocenters. The lowest BCUT2D eigenvalue weighted by atomic mass is 9.80. The summed E-state index contributed by atoms with van der Waals surface area (Å²) in [5.74, 6) is 7.17. The van der Waals surface area contributed by atoms with Crippen molar-refractivity contribution in [2.75, 3.05) is 0 Å². The lowest BCUT2D eigenvalue weighted by Gasteiger charge is -2.25. The molecule has 0 amide bonds. The Morgan fingerprint density at radius 1 is 1.25 bits per heavy atom. The third-order valence-electron chi connectivity index (χ3n) is 4.05. The fraction of sp³-hybridized carbons (Fsp3) is 0.500. The van der Waals surface area contributed by atoms with Gasteiger partial charge in [-0.25, -0.2) is 4.39 Å². The molecule has 0 aliphatic heterocycles. The molecule has 2 rings (SSSR count). The second-order valence-electron chi connectivity index (χ2n) is 5.58. The van der Waals surface area contributed by atoms with Crippen molar-refractivity contribution < 1.29 is 4.39 Å². The van der Waals surface area contributed by atoms with E-state index in [2.05, 4.69) is 18.8 Å². The smallest absolute Gasteiger partial charge is 0.142 e. The van der Waals surface area contributed by atoms with Crippen LogP contribution in [0.2, 0.25) is 0 Å². The van der Waals surface area contributed by atoms with Crippen LogP contribution >= 0.6 is 0 Å². The van der Waals surface area contributed by atoms with Gasteiger partial charge in [0.1, 0.15) is 11.9 Å². The zero-order chi connectivity index (χ0) is 14.4. The predicted octanol–water partition coefficient (Wildman–Crippen LogP) is 4.66. The van der Waals surface area contributed by atoms with Crippen LogP contribution in [0.1, 0.15) is 56.6 Å². The maximum absolute atomic E-state index is 13.5. The van der Waals surface area contributed by atoms with E-state index in [1.165, 1.54) is 37.8 Å². The summed E-state index contributed by atoms with van der Waals surface area (Å²) < 4.78 is 13.5. The molecule has 1 fully saturated rings. The molecule has 1 aromatic carbocycles. The quantitative estimate of drug-likeness (QED) is 0.717. The monoisotopic (exact) mass is 269 g/mol. The molecule has 1 aliphatic carbocycles. The molecule has 1 saturated carbocycles. The molecule has 0 heterocycles. The SMILES string of the molecule is CCC[C@H]1CC[C@H](C#Cc2ccc(C#N)c(F)c2)CC1. The molecule has 0 bridgehead atoms. The number of halogens is 1. The van der Waals surface area contributed by atoms with Crippen molar-refractivity contribution >= 4 is 0 Å². The van der Waals surface area contributed by atoms with Crippen molar-refractivity contribution in [2.45, 2.75) is 45.4 Å². The van der Waals surface area contributed by atoms with Crippen LogP contribution in [0.25, 0.3) is 0 Å². The van der Waals surface area contributed by atoms with E-state index in [-0.39, 0.29) is 5.56 Å². The number of nitrogens with zero attached hydrogens (tertiary/aromatic N) is 1. The lowest BCUT2D eigenvalue weighted by Crippen LogP contribution is -2.13. The second kappa shape index (κ2) is 7.11. The summed E-state index contributed by atoms with van der Waals surface area (Å²) in [6.45, 7) is 2.24. The number of hydrogen-bond donors (Lipinski definition) is 0. The zero-order valence-corrected chi connectivity index (χ0v) is 12.0. The number of rotatable bonds is 2. The van der Waals surface area contributed by atoms with Crippen molar-refractivity contribution in [3.63, 3.8) is 0 Å². The summed E-state index contributed by atoms with van der Waals surface area (Å²) in [4.78, 5) is 0. The van der Waals surface area contributed by atoms with E-state index in [9.17, 15) is 4.39 Å². The summed E-state index contributed by atoms with van der Waals surface area (Å²) in [6, 6.07) is 6.39. The van der Waals surface area contributed by atoms with E-state index in [0.29, 0.717) is 11.5 Å². The number of nitriles is 1. The molecular formula is C18H20FN. The van der Waals surface area contributed by atoms with Crippen LogP contribution in [0.15, 0.2) is 18.2 Å². The normalized spacial score (nSPS) is 21.6. The fourth-order valence-corrected chi connectivity index (χ4v) is 2.87. The third kappa shape index (κ3) is 3.84. The maximum atomic E-state index is 13.5. The minimum atomic E-state index is -0.481. The summed E-state index contributed by atoms with van der Waals surface area (Å²) in [6.07, 6.45) is 7.48. The van der Waals surface area contributed by atoms with E-state index in [4.69, 9.17) is 5.26 Å². The molecule has 1 aromatic rings. The first kappa shape index (κ1) is 14.6. The highest BCUT2D eigenvalue weighted by Gasteiger charge is 2.18. The topological polar surface area (TPSA) is 23.8 Å². The molecule has 0 radical (unpaired) electrons. The largest absolute Gasteiger partial charge is 0.206 e. The third-order valence-corrected chi connectivity index (χ3v) is 4.05. The molecule has 104 valence electrons. The van der Waals surface area contributed by atoms with Gasteiger partial charge in [-0.05, 0) is 49.8 Å². The first-order chi connectivity index (χ1) is 9.72. The zero-order valence-electron chi connectivity index (χ0n) is 12.0. The first-order valence-electron chi connectivity index (χ1n) is 7.44. The van der Waals surface area contributed by atoms with E-state index >= 15 is 0 Å². The maximum Gasteiger partial charge on any atom is 0.142 e. The summed E-state index contributed by atoms with van der Waals surface area (Å²) in [7, 11) is 0. The average molecular weight is 269 g/mol. The van der Waals surface area contributed by atoms with Gasteiger partial charge in [0.2, 0.25) is 0 Å². The van der Waals surface area contributed by atoms with Crippen LogP contribution in [-0.2, 0) is 0 Å². The van der Waals surface area contributed by atoms with Crippen molar-refractivity contribution in [2.24, 2.45) is 11.8 Å². The Bertz CT molecular complexity index is 551. The molecule has 1 nitrogen and oxygen atoms in total. The molecule has 0 spiro atoms. The van der Waals surface area contributed by atoms with Crippen molar-refractivity contribution in [3.8, 4) is 17.9 Å². The number of hydrogen-bond acceptors (Lipinski definition) is 1. The Hall–Kier alpha value is -1.80. The molecule has 1 aliphatic rings. The first-order valence-corrected chi connectivity index (χ1v) is 7.44. The van der Waals surface area contributed by atoms with Gasteiger partial charge < -0.3 is 0 Å². The highest BCUT2D eigenvalue weighted by atomic mass is 19.1. The van der Waals surface area contributed by atoms with Crippen LogP contribution < -0.4 is 0 Å². The van der Waals surface area contributed by atoms with Crippen molar-refractivity contribution in [1.29, 1.82) is 5.26 Å². The average Bonchev–Trinajstić information content (AvgIpc) is 2.47. The van der Waals surface area contributed by atoms with Gasteiger partial charge in [0, 0.05) is 11.5 Å². The van der Waals surface area contributed by atoms with E-state index in [1.807, 2.05) is 6.07 Å². The Morgan fingerprint density at radius 3 is 2.60 bits per heavy atom. The Kier molecular flexibility index (Phi) is 5.19. The second-order valence-corrected chi connectivity index (χ2v) is 5.58. The molecule has 2 heteroatoms. The number of benzene rings is 1. The van der Waals surface area contributed by atoms with E-state index < -0.39 is 5.82 Å². The Labute approximate surface area is 120 Å². The van der Waals surface area contributed by atoms with Gasteiger partial charge in [0.25, 0.3) is 0 Å². The van der Waals surface area contributed by atoms with Gasteiger partial charge in [-0.1, -0.05) is 31.6 Å². The minimum absolute atomic E-state index is 0.0793. The summed E-state index contributed by atoms with van der Waals surface area (Å²) >= 11 is 0. The van der Waals surface area contributed by atoms with Crippen LogP contribution in [-0.4, -0.2) is 0 Å². The van der Waals surface area contributed by atoms with E-state index in [0.717, 1.165) is 18.8 Å². The highest BCUT2D eigenvalue weighted by molar-refractivity contribution is 5.41. The minimum Gasteiger partial charge on any atom is -0.206 e. The Morgan fingerprint density at radius 2 is 2.00 bits per heavy atom. The lowest BCUT2D eigenvalue weighted by molar-refractivity contribution is 0.300. The van der Waals surface area contributed by atoms with Crippen LogP contribution in [0.3, 0.4) is 0 Å². The van der Waals surface area contributed by atoms with Gasteiger partial charge in [-0.15, -0.1) is 0 Å². The van der Waals surface area contributed by atoms with Crippen LogP contribution in [0.4, 0.5) is 4.39 Å². The van der Waals surface area contributed by atoms with Gasteiger partial charge in [-0.3, -0.25) is 0 Å². The van der Waals surface area contributed by atoms with Gasteiger partial charge >= 0.3 is 0 Å². The van der Waals surface area contributed by atoms with Gasteiger partial charge in [0.05, 0.1) is 5.56 Å². The Balaban J connectivity index is 1.95. The molecule has 20 heavy (non-hydrogen) atoms. The van der Waals surface area contributed by atoms with E-state index in [1.54, 1.807) is 6.07 Å². The van der Waals surface area contributed by atoms with Crippen LogP contribution in [0.5, 0.6) is 0 Å². The van der Waals surface area contributed by atoms with Gasteiger partial charge in [0.15, 0.2) is 0 Å². The standard InChI is InChI=1S/C18H20FN/c1-2-3-14-4-6-15(7-5-14)8-9-16-10-11-17(13-20)18(19)12-16/h10-12,14-15H,2-7H2,1H3/t14-,15-. The van der Waals surface area contributed by atoms with Crippen molar-refractivity contribution in [3.05, 3.63) is 35.1 Å². The summed E-state index contributed by atoms with van der Waals surface area (Å²) in [5, 5.41) is 8.69. The van der Waals surface area contributed by atoms with Gasteiger partial charge in [-0.2, -0.15) is 5.26 Å². The molecular weight excluding hydrogens is 249 g/mol. The molecule has 0 aromatic heterocycles. The molecule has 0 N–H and O–H groups in total. The molecule has 0 atom stereocenters. The van der Waals surface area contributed by atoms with Crippen LogP contribution in [0, 0.1) is 40.8 Å². The van der Waals surface area contributed by atoms with Crippen molar-refractivity contribution in [1.82, 2.24) is 0 Å². The molecule has 0 saturated heterocycles. The highest BCUT2D eigenvalue weighted by Crippen LogP contribution is 2.31. The predicted molar refractivity (Wildman–Crippen MR) is 78.3 cm³/mol. The summed E-state index contributed by atoms with van der Waals surface area (Å²) in [5.41, 5.74) is 0.743.